The Kier molecular flexibility index (Phi) is 10.2. The summed E-state index contributed by atoms with van der Waals surface area (Å²) in [5.41, 5.74) is 7.56. The molecule has 176 valence electrons. The second-order valence-corrected chi connectivity index (χ2v) is 7.53. The molecular formula is C24H30FN5O3. The van der Waals surface area contributed by atoms with Crippen LogP contribution in [0.5, 0.6) is 0 Å². The fraction of sp³-hybridized carbons (Fsp3) is 0.333. The van der Waals surface area contributed by atoms with Crippen molar-refractivity contribution in [2.75, 3.05) is 6.54 Å². The van der Waals surface area contributed by atoms with Crippen LogP contribution in [0.15, 0.2) is 55.1 Å². The molecule has 1 amide bonds. The predicted octanol–water partition coefficient (Wildman–Crippen LogP) is 3.41. The smallest absolute Gasteiger partial charge is 0.290 e. The molecule has 0 spiro atoms. The van der Waals surface area contributed by atoms with Gasteiger partial charge in [0, 0.05) is 24.6 Å². The lowest BCUT2D eigenvalue weighted by Gasteiger charge is -2.24. The lowest BCUT2D eigenvalue weighted by atomic mass is 10.0. The van der Waals surface area contributed by atoms with Crippen molar-refractivity contribution in [1.82, 2.24) is 20.1 Å². The van der Waals surface area contributed by atoms with Crippen molar-refractivity contribution in [2.24, 2.45) is 5.73 Å². The summed E-state index contributed by atoms with van der Waals surface area (Å²) in [5.74, 6) is 0.962. The van der Waals surface area contributed by atoms with Crippen LogP contribution >= 0.6 is 0 Å². The Balaban J connectivity index is 0.00000122. The molecule has 1 saturated heterocycles. The third kappa shape index (κ3) is 7.21. The van der Waals surface area contributed by atoms with Crippen LogP contribution in [0, 0.1) is 5.82 Å². The molecule has 0 unspecified atom stereocenters. The molecular weight excluding hydrogens is 425 g/mol. The van der Waals surface area contributed by atoms with E-state index in [2.05, 4.69) is 21.8 Å². The van der Waals surface area contributed by atoms with Gasteiger partial charge in [0.15, 0.2) is 11.6 Å². The minimum Gasteiger partial charge on any atom is -0.483 e. The van der Waals surface area contributed by atoms with Crippen molar-refractivity contribution >= 4 is 18.0 Å². The number of likely N-dealkylation sites (tertiary alicyclic amines) is 1. The highest BCUT2D eigenvalue weighted by molar-refractivity contribution is 5.77. The number of carboxylic acid groups (broad SMARTS) is 1. The molecule has 1 fully saturated rings. The Morgan fingerprint density at radius 3 is 2.82 bits per heavy atom. The highest BCUT2D eigenvalue weighted by Gasteiger charge is 2.33. The van der Waals surface area contributed by atoms with E-state index in [4.69, 9.17) is 15.6 Å². The lowest BCUT2D eigenvalue weighted by Crippen LogP contribution is -2.36. The van der Waals surface area contributed by atoms with E-state index in [0.29, 0.717) is 30.2 Å². The number of carbonyl (C=O) groups excluding carboxylic acids is 1. The number of rotatable bonds is 8. The van der Waals surface area contributed by atoms with Gasteiger partial charge in [-0.3, -0.25) is 9.59 Å². The molecule has 8 nitrogen and oxygen atoms in total. The number of halogens is 1. The van der Waals surface area contributed by atoms with Crippen LogP contribution in [0.1, 0.15) is 49.4 Å². The second kappa shape index (κ2) is 13.1. The monoisotopic (exact) mass is 455 g/mol. The third-order valence-electron chi connectivity index (χ3n) is 5.19. The van der Waals surface area contributed by atoms with Gasteiger partial charge in [0.2, 0.25) is 5.91 Å². The number of carbonyl (C=O) groups is 2. The van der Waals surface area contributed by atoms with Gasteiger partial charge in [0.1, 0.15) is 5.82 Å². The molecule has 2 heterocycles. The summed E-state index contributed by atoms with van der Waals surface area (Å²) >= 11 is 0. The van der Waals surface area contributed by atoms with Gasteiger partial charge in [-0.1, -0.05) is 49.1 Å². The normalized spacial score (nSPS) is 16.9. The zero-order valence-electron chi connectivity index (χ0n) is 18.7. The number of nitrogens with two attached hydrogens (primary N) is 1. The quantitative estimate of drug-likeness (QED) is 0.414. The van der Waals surface area contributed by atoms with E-state index < -0.39 is 6.04 Å². The first kappa shape index (κ1) is 25.7. The summed E-state index contributed by atoms with van der Waals surface area (Å²) in [4.78, 5) is 26.3. The average Bonchev–Trinajstić information content (AvgIpc) is 3.45. The summed E-state index contributed by atoms with van der Waals surface area (Å²) in [6.45, 7) is 6.06. The number of nitrogens with zero attached hydrogens (tertiary/aromatic N) is 3. The highest BCUT2D eigenvalue weighted by atomic mass is 19.1. The van der Waals surface area contributed by atoms with Crippen LogP contribution in [-0.2, 0) is 16.0 Å². The molecule has 0 aliphatic carbocycles. The Morgan fingerprint density at radius 2 is 2.15 bits per heavy atom. The number of nitrogens with one attached hydrogen (secondary N) is 1. The maximum Gasteiger partial charge on any atom is 0.290 e. The van der Waals surface area contributed by atoms with Crippen LogP contribution in [0.4, 0.5) is 4.39 Å². The van der Waals surface area contributed by atoms with Crippen LogP contribution in [-0.4, -0.2) is 50.2 Å². The van der Waals surface area contributed by atoms with Crippen molar-refractivity contribution in [1.29, 1.82) is 0 Å². The number of hydrogen-bond donors (Lipinski definition) is 3. The molecule has 33 heavy (non-hydrogen) atoms. The molecule has 1 aliphatic heterocycles. The molecule has 2 atom stereocenters. The maximum absolute atomic E-state index is 13.9. The van der Waals surface area contributed by atoms with Gasteiger partial charge in [0.25, 0.3) is 6.47 Å². The Morgan fingerprint density at radius 1 is 1.42 bits per heavy atom. The highest BCUT2D eigenvalue weighted by Crippen LogP contribution is 2.31. The van der Waals surface area contributed by atoms with Crippen molar-refractivity contribution < 1.29 is 19.1 Å². The van der Waals surface area contributed by atoms with Crippen LogP contribution in [0.2, 0.25) is 0 Å². The Bertz CT molecular complexity index is 1000. The van der Waals surface area contributed by atoms with E-state index in [-0.39, 0.29) is 30.7 Å². The van der Waals surface area contributed by atoms with Crippen molar-refractivity contribution in [3.63, 3.8) is 0 Å². The summed E-state index contributed by atoms with van der Waals surface area (Å²) in [7, 11) is 0. The molecule has 1 aromatic heterocycles. The molecule has 4 N–H and O–H groups in total. The average molecular weight is 456 g/mol. The minimum atomic E-state index is -0.447. The fourth-order valence-electron chi connectivity index (χ4n) is 3.78. The standard InChI is InChI=1S/C23H28FN5O.CH2O2/c1-3-8-16(9-4-2)22-26-23(28-27-22)20-12-7-13-29(20)21(30)15-18(25)14-17-10-5-6-11-19(17)24;2-1-3/h3-6,8-11,18,20H,1,7,12-15,25H2,2H3,(H,26,27,28);1H,(H,2,3)/b9-4-,16-8+;/t18-,20+;/m1./s1. The zero-order valence-corrected chi connectivity index (χ0v) is 18.7. The summed E-state index contributed by atoms with van der Waals surface area (Å²) < 4.78 is 13.9. The van der Waals surface area contributed by atoms with Crippen molar-refractivity contribution in [3.8, 4) is 0 Å². The molecule has 2 aromatic rings. The number of aromatic nitrogens is 3. The SMILES string of the molecule is C=C/C=C(\C=C/C)c1nnc([C@@H]2CCCN2C(=O)C[C@H](N)Cc2ccccc2F)[nH]1.O=CO. The van der Waals surface area contributed by atoms with E-state index in [1.807, 2.05) is 25.2 Å². The summed E-state index contributed by atoms with van der Waals surface area (Å²) in [6, 6.07) is 5.92. The predicted molar refractivity (Wildman–Crippen MR) is 124 cm³/mol. The van der Waals surface area contributed by atoms with E-state index >= 15 is 0 Å². The molecule has 1 aliphatic rings. The molecule has 0 saturated carbocycles. The van der Waals surface area contributed by atoms with Crippen LogP contribution < -0.4 is 5.73 Å². The van der Waals surface area contributed by atoms with Gasteiger partial charge < -0.3 is 20.7 Å². The van der Waals surface area contributed by atoms with Gasteiger partial charge >= 0.3 is 0 Å². The molecule has 0 bridgehead atoms. The zero-order chi connectivity index (χ0) is 24.2. The topological polar surface area (TPSA) is 125 Å². The van der Waals surface area contributed by atoms with E-state index in [0.717, 1.165) is 18.4 Å². The lowest BCUT2D eigenvalue weighted by molar-refractivity contribution is -0.132. The minimum absolute atomic E-state index is 0.0467. The van der Waals surface area contributed by atoms with Gasteiger partial charge in [0.05, 0.1) is 6.04 Å². The fourth-order valence-corrected chi connectivity index (χ4v) is 3.78. The first-order valence-electron chi connectivity index (χ1n) is 10.7. The molecule has 9 heteroatoms. The van der Waals surface area contributed by atoms with Crippen LogP contribution in [0.25, 0.3) is 5.57 Å². The van der Waals surface area contributed by atoms with Gasteiger partial charge in [-0.2, -0.15) is 0 Å². The summed E-state index contributed by atoms with van der Waals surface area (Å²) in [6.07, 6.45) is 9.56. The molecule has 1 aromatic carbocycles. The molecule has 3 rings (SSSR count). The number of hydrogen-bond acceptors (Lipinski definition) is 5. The molecule has 0 radical (unpaired) electrons. The van der Waals surface area contributed by atoms with Crippen molar-refractivity contribution in [3.05, 3.63) is 78.2 Å². The van der Waals surface area contributed by atoms with Gasteiger partial charge in [-0.25, -0.2) is 4.39 Å². The largest absolute Gasteiger partial charge is 0.483 e. The number of amides is 1. The van der Waals surface area contributed by atoms with Crippen LogP contribution in [0.3, 0.4) is 0 Å². The first-order chi connectivity index (χ1) is 15.9. The summed E-state index contributed by atoms with van der Waals surface area (Å²) in [5, 5.41) is 15.4. The number of allylic oxidation sites excluding steroid dienone is 5. The maximum atomic E-state index is 13.9. The Hall–Kier alpha value is -3.59. The van der Waals surface area contributed by atoms with Gasteiger partial charge in [-0.15, -0.1) is 10.2 Å². The van der Waals surface area contributed by atoms with Gasteiger partial charge in [-0.05, 0) is 37.8 Å². The second-order valence-electron chi connectivity index (χ2n) is 7.53. The number of benzene rings is 1. The van der Waals surface area contributed by atoms with E-state index in [1.54, 1.807) is 29.2 Å². The third-order valence-corrected chi connectivity index (χ3v) is 5.19. The number of aromatic amines is 1. The van der Waals surface area contributed by atoms with E-state index in [1.165, 1.54) is 6.07 Å². The van der Waals surface area contributed by atoms with Crippen molar-refractivity contribution in [2.45, 2.75) is 44.7 Å². The van der Waals surface area contributed by atoms with E-state index in [9.17, 15) is 9.18 Å². The first-order valence-corrected chi connectivity index (χ1v) is 10.7. The number of H-pyrrole nitrogens is 1. The Labute approximate surface area is 192 Å².